The number of carbonyl (C=O) groups excluding carboxylic acids is 2. The van der Waals surface area contributed by atoms with E-state index in [0.29, 0.717) is 30.2 Å². The lowest BCUT2D eigenvalue weighted by molar-refractivity contribution is -0.127. The summed E-state index contributed by atoms with van der Waals surface area (Å²) < 4.78 is 5.89. The molecule has 36 heavy (non-hydrogen) atoms. The van der Waals surface area contributed by atoms with Crippen LogP contribution in [-0.4, -0.2) is 39.4 Å². The Bertz CT molecular complexity index is 1230. The minimum absolute atomic E-state index is 0.185. The first kappa shape index (κ1) is 24.5. The van der Waals surface area contributed by atoms with E-state index >= 15 is 0 Å². The van der Waals surface area contributed by atoms with Crippen molar-refractivity contribution in [3.8, 4) is 28.5 Å². The van der Waals surface area contributed by atoms with Crippen LogP contribution in [0.3, 0.4) is 0 Å². The summed E-state index contributed by atoms with van der Waals surface area (Å²) in [6.07, 6.45) is 4.41. The topological polar surface area (TPSA) is 120 Å². The Kier molecular flexibility index (Phi) is 8.32. The third kappa shape index (κ3) is 6.96. The molecule has 0 unspecified atom stereocenters. The fourth-order valence-corrected chi connectivity index (χ4v) is 3.63. The number of nitrogens with one attached hydrogen (secondary N) is 1. The quantitative estimate of drug-likeness (QED) is 0.316. The van der Waals surface area contributed by atoms with Crippen molar-refractivity contribution in [1.29, 1.82) is 0 Å². The van der Waals surface area contributed by atoms with Crippen molar-refractivity contribution in [2.75, 3.05) is 6.61 Å². The van der Waals surface area contributed by atoms with Gasteiger partial charge >= 0.3 is 0 Å². The normalized spacial score (nSPS) is 11.4. The highest BCUT2D eigenvalue weighted by Gasteiger charge is 2.18. The molecule has 0 aliphatic rings. The number of amides is 2. The van der Waals surface area contributed by atoms with Crippen LogP contribution >= 0.6 is 0 Å². The predicted molar refractivity (Wildman–Crippen MR) is 137 cm³/mol. The highest BCUT2D eigenvalue weighted by Crippen LogP contribution is 2.25. The van der Waals surface area contributed by atoms with Crippen molar-refractivity contribution in [1.82, 2.24) is 20.3 Å². The molecule has 2 heterocycles. The lowest BCUT2D eigenvalue weighted by Crippen LogP contribution is -2.45. The fourth-order valence-electron chi connectivity index (χ4n) is 3.63. The summed E-state index contributed by atoms with van der Waals surface area (Å²) in [6.45, 7) is 0.269. The van der Waals surface area contributed by atoms with Gasteiger partial charge in [-0.2, -0.15) is 4.98 Å². The Morgan fingerprint density at radius 3 is 2.33 bits per heavy atom. The number of hydrogen-bond donors (Lipinski definition) is 2. The molecule has 2 aromatic heterocycles. The molecule has 0 aliphatic heterocycles. The van der Waals surface area contributed by atoms with Crippen molar-refractivity contribution in [2.24, 2.45) is 5.73 Å². The van der Waals surface area contributed by atoms with Crippen molar-refractivity contribution in [2.45, 2.75) is 25.3 Å². The van der Waals surface area contributed by atoms with Gasteiger partial charge < -0.3 is 15.8 Å². The molecule has 0 aliphatic carbocycles. The van der Waals surface area contributed by atoms with Crippen LogP contribution in [0, 0.1) is 0 Å². The Labute approximate surface area is 209 Å². The molecule has 0 radical (unpaired) electrons. The molecule has 8 nitrogen and oxygen atoms in total. The number of ether oxygens (including phenoxy) is 1. The van der Waals surface area contributed by atoms with E-state index in [4.69, 9.17) is 10.5 Å². The highest BCUT2D eigenvalue weighted by molar-refractivity contribution is 5.86. The van der Waals surface area contributed by atoms with Gasteiger partial charge in [0.1, 0.15) is 6.04 Å². The van der Waals surface area contributed by atoms with E-state index in [0.717, 1.165) is 16.7 Å². The fraction of sp³-hybridized carbons (Fsp3) is 0.179. The summed E-state index contributed by atoms with van der Waals surface area (Å²) in [5.74, 6) is 0.111. The van der Waals surface area contributed by atoms with Crippen molar-refractivity contribution in [3.05, 3.63) is 96.8 Å². The Balaban J connectivity index is 1.37. The van der Waals surface area contributed by atoms with E-state index in [1.807, 2.05) is 72.8 Å². The predicted octanol–water partition coefficient (Wildman–Crippen LogP) is 3.58. The zero-order valence-corrected chi connectivity index (χ0v) is 19.7. The van der Waals surface area contributed by atoms with E-state index < -0.39 is 11.9 Å². The molecule has 0 saturated carbocycles. The summed E-state index contributed by atoms with van der Waals surface area (Å²) in [4.78, 5) is 37.6. The Morgan fingerprint density at radius 1 is 0.917 bits per heavy atom. The van der Waals surface area contributed by atoms with Gasteiger partial charge in [0, 0.05) is 42.4 Å². The second-order valence-electron chi connectivity index (χ2n) is 8.19. The molecule has 2 aromatic carbocycles. The summed E-state index contributed by atoms with van der Waals surface area (Å²) >= 11 is 0. The molecule has 0 bridgehead atoms. The number of benzene rings is 2. The van der Waals surface area contributed by atoms with E-state index in [9.17, 15) is 9.59 Å². The molecule has 1 atom stereocenters. The number of carbonyl (C=O) groups is 2. The third-order valence-corrected chi connectivity index (χ3v) is 5.45. The van der Waals surface area contributed by atoms with E-state index in [1.54, 1.807) is 18.5 Å². The van der Waals surface area contributed by atoms with Crippen LogP contribution in [0.4, 0.5) is 0 Å². The second kappa shape index (κ2) is 12.2. The van der Waals surface area contributed by atoms with Crippen LogP contribution in [0.1, 0.15) is 18.4 Å². The molecular weight excluding hydrogens is 454 g/mol. The lowest BCUT2D eigenvalue weighted by atomic mass is 10.1. The van der Waals surface area contributed by atoms with E-state index in [1.165, 1.54) is 0 Å². The maximum atomic E-state index is 12.4. The number of rotatable bonds is 11. The monoisotopic (exact) mass is 481 g/mol. The molecule has 0 saturated heterocycles. The van der Waals surface area contributed by atoms with Crippen molar-refractivity contribution < 1.29 is 14.3 Å². The first-order valence-electron chi connectivity index (χ1n) is 11.7. The van der Waals surface area contributed by atoms with Gasteiger partial charge in [-0.25, -0.2) is 4.98 Å². The molecule has 0 spiro atoms. The second-order valence-corrected chi connectivity index (χ2v) is 8.19. The standard InChI is InChI=1S/C28H27N5O3/c29-27(35)24(17-20-9-3-1-4-10-20)31-25(34)14-8-16-36-26-18-23(22-13-7-15-30-19-22)32-28(33-26)21-11-5-2-6-12-21/h1-7,9-13,15,18-19,24H,8,14,16-17H2,(H2,29,35)(H,31,34)/t24-/m0/s1. The van der Waals surface area contributed by atoms with Crippen LogP contribution in [-0.2, 0) is 16.0 Å². The van der Waals surface area contributed by atoms with Crippen molar-refractivity contribution in [3.63, 3.8) is 0 Å². The molecular formula is C28H27N5O3. The minimum Gasteiger partial charge on any atom is -0.478 e. The maximum absolute atomic E-state index is 12.4. The van der Waals surface area contributed by atoms with Gasteiger partial charge in [0.05, 0.1) is 12.3 Å². The molecule has 4 aromatic rings. The van der Waals surface area contributed by atoms with E-state index in [-0.39, 0.29) is 18.9 Å². The maximum Gasteiger partial charge on any atom is 0.240 e. The lowest BCUT2D eigenvalue weighted by Gasteiger charge is -2.15. The van der Waals surface area contributed by atoms with Gasteiger partial charge in [0.25, 0.3) is 0 Å². The number of pyridine rings is 1. The van der Waals surface area contributed by atoms with Gasteiger partial charge in [-0.3, -0.25) is 14.6 Å². The van der Waals surface area contributed by atoms with Crippen LogP contribution in [0.5, 0.6) is 5.88 Å². The smallest absolute Gasteiger partial charge is 0.240 e. The number of nitrogens with zero attached hydrogens (tertiary/aromatic N) is 3. The number of primary amides is 1. The average Bonchev–Trinajstić information content (AvgIpc) is 2.92. The van der Waals surface area contributed by atoms with Crippen LogP contribution in [0.2, 0.25) is 0 Å². The zero-order chi connectivity index (χ0) is 25.2. The molecule has 2 amide bonds. The molecule has 8 heteroatoms. The third-order valence-electron chi connectivity index (χ3n) is 5.45. The number of nitrogens with two attached hydrogens (primary N) is 1. The first-order chi connectivity index (χ1) is 17.6. The summed E-state index contributed by atoms with van der Waals surface area (Å²) in [5.41, 5.74) is 8.81. The summed E-state index contributed by atoms with van der Waals surface area (Å²) in [7, 11) is 0. The van der Waals surface area contributed by atoms with Crippen LogP contribution < -0.4 is 15.8 Å². The number of hydrogen-bond acceptors (Lipinski definition) is 6. The largest absolute Gasteiger partial charge is 0.478 e. The van der Waals surface area contributed by atoms with Gasteiger partial charge in [0.2, 0.25) is 17.7 Å². The SMILES string of the molecule is NC(=O)[C@H](Cc1ccccc1)NC(=O)CCCOc1cc(-c2cccnc2)nc(-c2ccccc2)n1. The Morgan fingerprint density at radius 2 is 1.64 bits per heavy atom. The number of aromatic nitrogens is 3. The van der Waals surface area contributed by atoms with Crippen molar-refractivity contribution >= 4 is 11.8 Å². The van der Waals surface area contributed by atoms with Gasteiger partial charge in [-0.15, -0.1) is 0 Å². The summed E-state index contributed by atoms with van der Waals surface area (Å²) in [5, 5.41) is 2.72. The van der Waals surface area contributed by atoms with Crippen LogP contribution in [0.25, 0.3) is 22.6 Å². The van der Waals surface area contributed by atoms with Gasteiger partial charge in [-0.1, -0.05) is 60.7 Å². The molecule has 0 fully saturated rings. The first-order valence-corrected chi connectivity index (χ1v) is 11.7. The zero-order valence-electron chi connectivity index (χ0n) is 19.7. The Hall–Kier alpha value is -4.59. The molecule has 182 valence electrons. The average molecular weight is 482 g/mol. The molecule has 3 N–H and O–H groups in total. The summed E-state index contributed by atoms with van der Waals surface area (Å²) in [6, 6.07) is 23.8. The minimum atomic E-state index is -0.766. The molecule has 4 rings (SSSR count). The van der Waals surface area contributed by atoms with Crippen LogP contribution in [0.15, 0.2) is 91.3 Å². The van der Waals surface area contributed by atoms with Gasteiger partial charge in [-0.05, 0) is 24.1 Å². The van der Waals surface area contributed by atoms with E-state index in [2.05, 4.69) is 20.3 Å². The van der Waals surface area contributed by atoms with Gasteiger partial charge in [0.15, 0.2) is 5.82 Å². The highest BCUT2D eigenvalue weighted by atomic mass is 16.5.